The van der Waals surface area contributed by atoms with E-state index in [1.807, 2.05) is 50.8 Å². The van der Waals surface area contributed by atoms with Gasteiger partial charge in [-0.15, -0.1) is 0 Å². The van der Waals surface area contributed by atoms with E-state index >= 15 is 35.1 Å². The number of hydrogen-bond donors (Lipinski definition) is 0. The van der Waals surface area contributed by atoms with Crippen molar-refractivity contribution in [2.45, 2.75) is 112 Å². The number of nitrogens with zero attached hydrogens (tertiary/aromatic N) is 5. The second kappa shape index (κ2) is 20.5. The first-order valence-electron chi connectivity index (χ1n) is 34.0. The highest BCUT2D eigenvalue weighted by Crippen LogP contribution is 2.60. The number of rotatable bonds is 4. The van der Waals surface area contributed by atoms with Crippen molar-refractivity contribution < 1.29 is 39.9 Å². The molecule has 7 heterocycles. The lowest BCUT2D eigenvalue weighted by Gasteiger charge is -2.53. The zero-order chi connectivity index (χ0) is 69.9. The van der Waals surface area contributed by atoms with Crippen LogP contribution in [0.25, 0.3) is 0 Å². The summed E-state index contributed by atoms with van der Waals surface area (Å²) in [5.41, 5.74) is 17.3. The van der Waals surface area contributed by atoms with Gasteiger partial charge >= 0.3 is 0 Å². The van der Waals surface area contributed by atoms with Gasteiger partial charge in [-0.25, -0.2) is 35.1 Å². The van der Waals surface area contributed by atoms with E-state index in [0.717, 1.165) is 96.4 Å². The normalized spacial score (nSPS) is 14.8. The molecule has 18 rings (SSSR count). The van der Waals surface area contributed by atoms with Gasteiger partial charge in [0.1, 0.15) is 46.5 Å². The molecule has 0 atom stereocenters. The van der Waals surface area contributed by atoms with Crippen LogP contribution in [0.5, 0.6) is 11.5 Å². The lowest BCUT2D eigenvalue weighted by Crippen LogP contribution is -2.70. The van der Waals surface area contributed by atoms with Crippen molar-refractivity contribution in [3.8, 4) is 11.5 Å². The molecular weight excluding hydrogens is 1270 g/mol. The molecule has 7 aliphatic rings. The van der Waals surface area contributed by atoms with Crippen molar-refractivity contribution in [3.05, 3.63) is 238 Å². The Morgan fingerprint density at radius 3 is 0.910 bits per heavy atom. The zero-order valence-electron chi connectivity index (χ0n) is 57.5. The fourth-order valence-electron chi connectivity index (χ4n) is 17.3. The van der Waals surface area contributed by atoms with Crippen LogP contribution in [0, 0.1) is 53.5 Å². The maximum atomic E-state index is 16.8. The summed E-state index contributed by atoms with van der Waals surface area (Å²) in [6, 6.07) is 45.1. The molecule has 0 aliphatic carbocycles. The topological polar surface area (TPSA) is 25.4 Å². The second-order valence-electron chi connectivity index (χ2n) is 32.2. The maximum absolute atomic E-state index is 16.8. The summed E-state index contributed by atoms with van der Waals surface area (Å²) in [5, 5.41) is 0. The predicted octanol–water partition coefficient (Wildman–Crippen LogP) is 17.2. The number of hydrogen-bond acceptors (Lipinski definition) is 6. The quantitative estimate of drug-likeness (QED) is 0.129. The highest BCUT2D eigenvalue weighted by molar-refractivity contribution is 7.06. The Labute approximate surface area is 577 Å². The smallest absolute Gasteiger partial charge is 0.252 e. The summed E-state index contributed by atoms with van der Waals surface area (Å²) in [7, 11) is 0. The highest BCUT2D eigenvalue weighted by atomic mass is 19.2. The summed E-state index contributed by atoms with van der Waals surface area (Å²) < 4.78 is 139. The van der Waals surface area contributed by atoms with E-state index in [0.29, 0.717) is 78.9 Å². The number of aryl methyl sites for hydroxylation is 1. The van der Waals surface area contributed by atoms with Crippen molar-refractivity contribution in [3.63, 3.8) is 0 Å². The second-order valence-corrected chi connectivity index (χ2v) is 32.2. The molecular formula is C83H66B3F8N5O. The minimum absolute atomic E-state index is 0.100. The molecule has 0 radical (unpaired) electrons. The molecule has 11 aromatic carbocycles. The average molecular weight is 1330 g/mol. The molecule has 6 nitrogen and oxygen atoms in total. The Kier molecular flexibility index (Phi) is 12.7. The Balaban J connectivity index is 1.03. The molecule has 0 bridgehead atoms. The molecule has 7 aliphatic heterocycles. The third kappa shape index (κ3) is 8.84. The van der Waals surface area contributed by atoms with E-state index in [9.17, 15) is 0 Å². The van der Waals surface area contributed by atoms with E-state index in [2.05, 4.69) is 155 Å². The van der Waals surface area contributed by atoms with E-state index in [4.69, 9.17) is 4.74 Å². The van der Waals surface area contributed by atoms with Gasteiger partial charge in [0, 0.05) is 86.6 Å². The number of ether oxygens (including phenoxy) is 1. The van der Waals surface area contributed by atoms with Crippen LogP contribution in [-0.2, 0) is 21.7 Å². The van der Waals surface area contributed by atoms with E-state index < -0.39 is 88.3 Å². The van der Waals surface area contributed by atoms with Crippen LogP contribution in [0.1, 0.15) is 111 Å². The Hall–Kier alpha value is -10.1. The molecule has 0 spiro atoms. The molecule has 494 valence electrons. The lowest BCUT2D eigenvalue weighted by atomic mass is 9.27. The number of halogens is 8. The molecule has 0 fully saturated rings. The van der Waals surface area contributed by atoms with Gasteiger partial charge in [0.2, 0.25) is 0 Å². The number of anilines is 15. The Morgan fingerprint density at radius 2 is 0.570 bits per heavy atom. The number of fused-ring (bicyclic) bond motifs is 10. The largest absolute Gasteiger partial charge is 0.452 e. The van der Waals surface area contributed by atoms with Gasteiger partial charge in [-0.05, 0) is 179 Å². The molecule has 0 aromatic heterocycles. The van der Waals surface area contributed by atoms with Crippen molar-refractivity contribution in [2.24, 2.45) is 0 Å². The van der Waals surface area contributed by atoms with Gasteiger partial charge in [-0.1, -0.05) is 138 Å². The molecule has 0 saturated carbocycles. The Morgan fingerprint density at radius 1 is 0.270 bits per heavy atom. The van der Waals surface area contributed by atoms with Crippen LogP contribution in [-0.4, -0.2) is 20.1 Å². The predicted molar refractivity (Wildman–Crippen MR) is 393 cm³/mol. The molecule has 0 N–H and O–H groups in total. The molecule has 11 aromatic rings. The minimum Gasteiger partial charge on any atom is -0.452 e. The zero-order valence-corrected chi connectivity index (χ0v) is 57.5. The third-order valence-electron chi connectivity index (χ3n) is 21.5. The van der Waals surface area contributed by atoms with Crippen molar-refractivity contribution in [2.75, 3.05) is 24.5 Å². The fraction of sp³-hybridized carbons (Fsp3) is 0.205. The lowest BCUT2D eigenvalue weighted by molar-refractivity contribution is 0.432. The van der Waals surface area contributed by atoms with Gasteiger partial charge in [0.25, 0.3) is 20.1 Å². The van der Waals surface area contributed by atoms with Crippen LogP contribution >= 0.6 is 0 Å². The molecule has 0 saturated heterocycles. The van der Waals surface area contributed by atoms with E-state index in [-0.39, 0.29) is 22.7 Å². The van der Waals surface area contributed by atoms with Crippen LogP contribution < -0.4 is 78.4 Å². The summed E-state index contributed by atoms with van der Waals surface area (Å²) in [5.74, 6) is -5.26. The third-order valence-corrected chi connectivity index (χ3v) is 21.5. The average Bonchev–Trinajstić information content (AvgIpc) is 0.656. The maximum Gasteiger partial charge on any atom is 0.252 e. The highest BCUT2D eigenvalue weighted by Gasteiger charge is 2.57. The van der Waals surface area contributed by atoms with Crippen molar-refractivity contribution in [1.82, 2.24) is 0 Å². The van der Waals surface area contributed by atoms with Crippen LogP contribution in [0.2, 0.25) is 0 Å². The van der Waals surface area contributed by atoms with E-state index in [1.165, 1.54) is 48.5 Å². The van der Waals surface area contributed by atoms with Gasteiger partial charge < -0.3 is 29.2 Å². The molecule has 100 heavy (non-hydrogen) atoms. The first-order chi connectivity index (χ1) is 47.3. The summed E-state index contributed by atoms with van der Waals surface area (Å²) >= 11 is 0. The first kappa shape index (κ1) is 62.1. The van der Waals surface area contributed by atoms with Gasteiger partial charge in [-0.3, -0.25) is 0 Å². The van der Waals surface area contributed by atoms with Crippen LogP contribution in [0.15, 0.2) is 164 Å². The van der Waals surface area contributed by atoms with Crippen LogP contribution in [0.3, 0.4) is 0 Å². The summed E-state index contributed by atoms with van der Waals surface area (Å²) in [4.78, 5) is 9.85. The standard InChI is InChI=1S/C83H66B3F8N5O/c1-41-22-68-72-69(23-41)97(54-34-48(91)28-49(92)35-54)66-39-67-63(38-62(66)85(72)59-19-15-43(81(5,6)7)25-65(59)95(68)52-30-44(87)26-45(88)31-52)86-61-21-17-57(83(11,12)13)79-76(61)99-75-60(20-16-56(78(75)100-79)82(8,9)10)84-58-18-14-42(80(2,3)4)24-64(58)96(53-32-46(89)27-47(90)33-53)70-40-71(74(86)77(99)73(70)84)98(67)55-36-50(93)29-51(94)37-55/h14-40H,1-13H3. The van der Waals surface area contributed by atoms with Crippen LogP contribution in [0.4, 0.5) is 120 Å². The van der Waals surface area contributed by atoms with Gasteiger partial charge in [0.05, 0.1) is 34.1 Å². The van der Waals surface area contributed by atoms with E-state index in [1.54, 1.807) is 0 Å². The minimum atomic E-state index is -0.860. The van der Waals surface area contributed by atoms with Gasteiger partial charge in [0.15, 0.2) is 11.5 Å². The number of benzene rings is 11. The van der Waals surface area contributed by atoms with Crippen molar-refractivity contribution >= 4 is 155 Å². The molecule has 0 unspecified atom stereocenters. The summed E-state index contributed by atoms with van der Waals surface area (Å²) in [6.45, 7) is 25.6. The van der Waals surface area contributed by atoms with Crippen molar-refractivity contribution in [1.29, 1.82) is 0 Å². The Bertz CT molecular complexity index is 5470. The fourth-order valence-corrected chi connectivity index (χ4v) is 17.3. The first-order valence-corrected chi connectivity index (χ1v) is 34.0. The molecule has 0 amide bonds. The monoisotopic (exact) mass is 1330 g/mol. The molecule has 17 heteroatoms. The SMILES string of the molecule is Cc1cc2c3c(c1)N(c1cc(F)cc(F)c1)c1cc4c(cc1B3c1ccc(C(C)(C)C)cc1N2c1cc(F)cc(F)c1)B1c2ccc(C(C)(C)C)c3c2N2c5c(ccc(C(C)(C)C)c5O3)B3c5ccc(C(C)(C)C)cc5N(c5cc(F)cc(F)c5)c5cc(c1c2c53)N4c1cc(F)cc(F)c1. The van der Waals surface area contributed by atoms with Gasteiger partial charge in [-0.2, -0.15) is 0 Å². The summed E-state index contributed by atoms with van der Waals surface area (Å²) in [6.07, 6.45) is 0.